The molecule has 0 atom stereocenters. The molecule has 0 radical (unpaired) electrons. The third-order valence-electron chi connectivity index (χ3n) is 5.82. The van der Waals surface area contributed by atoms with Crippen molar-refractivity contribution in [3.63, 3.8) is 0 Å². The molecule has 6 nitrogen and oxygen atoms in total. The molecule has 166 valence electrons. The van der Waals surface area contributed by atoms with Crippen LogP contribution in [0.3, 0.4) is 0 Å². The third kappa shape index (κ3) is 3.84. The van der Waals surface area contributed by atoms with Gasteiger partial charge in [0.05, 0.1) is 23.9 Å². The maximum absolute atomic E-state index is 13.7. The Morgan fingerprint density at radius 3 is 2.36 bits per heavy atom. The average molecular weight is 440 g/mol. The van der Waals surface area contributed by atoms with Crippen molar-refractivity contribution in [1.82, 2.24) is 9.78 Å². The monoisotopic (exact) mass is 439 g/mol. The molecule has 1 aliphatic heterocycles. The first-order valence-corrected chi connectivity index (χ1v) is 11.0. The molecule has 3 aromatic carbocycles. The van der Waals surface area contributed by atoms with Crippen LogP contribution in [0.5, 0.6) is 17.2 Å². The van der Waals surface area contributed by atoms with Crippen molar-refractivity contribution in [3.8, 4) is 28.4 Å². The summed E-state index contributed by atoms with van der Waals surface area (Å²) in [5.74, 6) is 2.73. The lowest BCUT2D eigenvalue weighted by atomic mass is 10.0. The number of nitrogens with zero attached hydrogens (tertiary/aromatic N) is 3. The zero-order valence-electron chi connectivity index (χ0n) is 18.7. The summed E-state index contributed by atoms with van der Waals surface area (Å²) in [6, 6.07) is 24.9. The van der Waals surface area contributed by atoms with Gasteiger partial charge in [-0.3, -0.25) is 9.69 Å². The summed E-state index contributed by atoms with van der Waals surface area (Å²) in [5, 5.41) is 4.78. The first kappa shape index (κ1) is 20.8. The second kappa shape index (κ2) is 8.82. The molecule has 6 heteroatoms. The van der Waals surface area contributed by atoms with E-state index in [0.29, 0.717) is 17.9 Å². The standard InChI is InChI=1S/C27H25N3O3/c1-19-25(21-13-6-9-16-24(21)33-20-11-4-3-5-12-20)26-29(17-10-18-30(26)28-19)27(31)22-14-7-8-15-23(22)32-2/h3-9,11-16H,10,17-18H2,1-2H3. The molecule has 0 bridgehead atoms. The molecule has 1 amide bonds. The minimum absolute atomic E-state index is 0.101. The maximum atomic E-state index is 13.7. The Labute approximate surface area is 193 Å². The van der Waals surface area contributed by atoms with Crippen LogP contribution < -0.4 is 14.4 Å². The Morgan fingerprint density at radius 2 is 1.58 bits per heavy atom. The number of carbonyl (C=O) groups is 1. The molecule has 1 aromatic heterocycles. The van der Waals surface area contributed by atoms with Gasteiger partial charge in [-0.15, -0.1) is 0 Å². The predicted octanol–water partition coefficient (Wildman–Crippen LogP) is 5.71. The van der Waals surface area contributed by atoms with Crippen LogP contribution >= 0.6 is 0 Å². The summed E-state index contributed by atoms with van der Waals surface area (Å²) < 4.78 is 13.6. The van der Waals surface area contributed by atoms with Crippen LogP contribution in [-0.4, -0.2) is 29.3 Å². The normalized spacial score (nSPS) is 12.8. The SMILES string of the molecule is COc1ccccc1C(=O)N1CCCn2nc(C)c(-c3ccccc3Oc3ccccc3)c21. The number of carbonyl (C=O) groups excluding carboxylic acids is 1. The van der Waals surface area contributed by atoms with Gasteiger partial charge in [-0.1, -0.05) is 48.5 Å². The van der Waals surface area contributed by atoms with E-state index in [1.54, 1.807) is 13.2 Å². The van der Waals surface area contributed by atoms with Gasteiger partial charge in [-0.2, -0.15) is 5.10 Å². The molecule has 33 heavy (non-hydrogen) atoms. The Bertz CT molecular complexity index is 1300. The lowest BCUT2D eigenvalue weighted by Gasteiger charge is -2.29. The van der Waals surface area contributed by atoms with Crippen LogP contribution in [0.15, 0.2) is 78.9 Å². The van der Waals surface area contributed by atoms with E-state index in [2.05, 4.69) is 0 Å². The van der Waals surface area contributed by atoms with E-state index in [1.807, 2.05) is 89.3 Å². The van der Waals surface area contributed by atoms with Crippen molar-refractivity contribution in [2.45, 2.75) is 19.9 Å². The highest BCUT2D eigenvalue weighted by Crippen LogP contribution is 2.42. The summed E-state index contributed by atoms with van der Waals surface area (Å²) in [6.45, 7) is 3.34. The van der Waals surface area contributed by atoms with Crippen molar-refractivity contribution < 1.29 is 14.3 Å². The maximum Gasteiger partial charge on any atom is 0.263 e. The summed E-state index contributed by atoms with van der Waals surface area (Å²) in [7, 11) is 1.58. The Hall–Kier alpha value is -4.06. The van der Waals surface area contributed by atoms with Crippen molar-refractivity contribution >= 4 is 11.7 Å². The number of rotatable bonds is 5. The molecule has 2 heterocycles. The summed E-state index contributed by atoms with van der Waals surface area (Å²) >= 11 is 0. The number of methoxy groups -OCH3 is 1. The first-order chi connectivity index (χ1) is 16.2. The average Bonchev–Trinajstić information content (AvgIpc) is 3.20. The highest BCUT2D eigenvalue weighted by Gasteiger charge is 2.32. The lowest BCUT2D eigenvalue weighted by Crippen LogP contribution is -2.38. The number of anilines is 1. The lowest BCUT2D eigenvalue weighted by molar-refractivity contribution is 0.0978. The van der Waals surface area contributed by atoms with Crippen molar-refractivity contribution in [2.24, 2.45) is 0 Å². The van der Waals surface area contributed by atoms with E-state index in [-0.39, 0.29) is 5.91 Å². The Balaban J connectivity index is 1.62. The van der Waals surface area contributed by atoms with Crippen LogP contribution in [0.4, 0.5) is 5.82 Å². The fraction of sp³-hybridized carbons (Fsp3) is 0.185. The Kier molecular flexibility index (Phi) is 5.57. The van der Waals surface area contributed by atoms with Crippen molar-refractivity contribution in [1.29, 1.82) is 0 Å². The molecule has 1 aliphatic rings. The van der Waals surface area contributed by atoms with Crippen molar-refractivity contribution in [3.05, 3.63) is 90.1 Å². The summed E-state index contributed by atoms with van der Waals surface area (Å²) in [4.78, 5) is 15.5. The molecule has 0 fully saturated rings. The number of amides is 1. The van der Waals surface area contributed by atoms with E-state index in [0.717, 1.165) is 47.1 Å². The molecule has 5 rings (SSSR count). The van der Waals surface area contributed by atoms with Crippen molar-refractivity contribution in [2.75, 3.05) is 18.6 Å². The number of aryl methyl sites for hydroxylation is 2. The minimum atomic E-state index is -0.101. The zero-order valence-corrected chi connectivity index (χ0v) is 18.7. The Morgan fingerprint density at radius 1 is 0.879 bits per heavy atom. The molecule has 0 saturated carbocycles. The number of hydrogen-bond donors (Lipinski definition) is 0. The van der Waals surface area contributed by atoms with Gasteiger partial charge in [0, 0.05) is 18.7 Å². The summed E-state index contributed by atoms with van der Waals surface area (Å²) in [6.07, 6.45) is 0.830. The second-order valence-corrected chi connectivity index (χ2v) is 7.93. The van der Waals surface area contributed by atoms with Gasteiger partial charge < -0.3 is 9.47 Å². The molecule has 0 N–H and O–H groups in total. The smallest absolute Gasteiger partial charge is 0.263 e. The number of ether oxygens (including phenoxy) is 2. The van der Waals surface area contributed by atoms with Crippen LogP contribution in [-0.2, 0) is 6.54 Å². The minimum Gasteiger partial charge on any atom is -0.496 e. The van der Waals surface area contributed by atoms with Gasteiger partial charge in [-0.05, 0) is 43.7 Å². The van der Waals surface area contributed by atoms with Gasteiger partial charge in [0.1, 0.15) is 23.1 Å². The van der Waals surface area contributed by atoms with Crippen LogP contribution in [0.2, 0.25) is 0 Å². The first-order valence-electron chi connectivity index (χ1n) is 11.0. The zero-order chi connectivity index (χ0) is 22.8. The van der Waals surface area contributed by atoms with Gasteiger partial charge in [-0.25, -0.2) is 4.68 Å². The molecular formula is C27H25N3O3. The van der Waals surface area contributed by atoms with Gasteiger partial charge in [0.15, 0.2) is 0 Å². The molecular weight excluding hydrogens is 414 g/mol. The van der Waals surface area contributed by atoms with E-state index in [1.165, 1.54) is 0 Å². The number of fused-ring (bicyclic) bond motifs is 1. The number of aromatic nitrogens is 2. The van der Waals surface area contributed by atoms with E-state index >= 15 is 0 Å². The van der Waals surface area contributed by atoms with E-state index < -0.39 is 0 Å². The topological polar surface area (TPSA) is 56.6 Å². The summed E-state index contributed by atoms with van der Waals surface area (Å²) in [5.41, 5.74) is 3.20. The number of benzene rings is 3. The molecule has 0 aliphatic carbocycles. The molecule has 0 unspecified atom stereocenters. The second-order valence-electron chi connectivity index (χ2n) is 7.93. The van der Waals surface area contributed by atoms with Crippen LogP contribution in [0, 0.1) is 6.92 Å². The van der Waals surface area contributed by atoms with Gasteiger partial charge >= 0.3 is 0 Å². The number of hydrogen-bond acceptors (Lipinski definition) is 4. The predicted molar refractivity (Wildman–Crippen MR) is 128 cm³/mol. The highest BCUT2D eigenvalue weighted by molar-refractivity contribution is 6.09. The number of para-hydroxylation sites is 3. The fourth-order valence-electron chi connectivity index (χ4n) is 4.34. The van der Waals surface area contributed by atoms with Gasteiger partial charge in [0.2, 0.25) is 0 Å². The molecule has 4 aromatic rings. The molecule has 0 spiro atoms. The van der Waals surface area contributed by atoms with Crippen LogP contribution in [0.1, 0.15) is 22.5 Å². The van der Waals surface area contributed by atoms with Crippen LogP contribution in [0.25, 0.3) is 11.1 Å². The van der Waals surface area contributed by atoms with E-state index in [9.17, 15) is 4.79 Å². The van der Waals surface area contributed by atoms with Gasteiger partial charge in [0.25, 0.3) is 5.91 Å². The quantitative estimate of drug-likeness (QED) is 0.400. The highest BCUT2D eigenvalue weighted by atomic mass is 16.5. The van der Waals surface area contributed by atoms with E-state index in [4.69, 9.17) is 14.6 Å². The molecule has 0 saturated heterocycles. The fourth-order valence-corrected chi connectivity index (χ4v) is 4.34. The third-order valence-corrected chi connectivity index (χ3v) is 5.82. The largest absolute Gasteiger partial charge is 0.496 e.